The number of amides is 1. The van der Waals surface area contributed by atoms with E-state index in [9.17, 15) is 4.79 Å². The normalized spacial score (nSPS) is 10.3. The summed E-state index contributed by atoms with van der Waals surface area (Å²) in [7, 11) is 1.75. The van der Waals surface area contributed by atoms with Crippen LogP contribution >= 0.6 is 0 Å². The highest BCUT2D eigenvalue weighted by Gasteiger charge is 2.14. The minimum absolute atomic E-state index is 0.125. The third kappa shape index (κ3) is 2.68. The van der Waals surface area contributed by atoms with Crippen LogP contribution in [0.2, 0.25) is 0 Å². The van der Waals surface area contributed by atoms with Crippen molar-refractivity contribution in [2.45, 2.75) is 13.5 Å². The van der Waals surface area contributed by atoms with Crippen LogP contribution in [0, 0.1) is 6.92 Å². The predicted molar refractivity (Wildman–Crippen MR) is 70.0 cm³/mol. The van der Waals surface area contributed by atoms with Gasteiger partial charge in [0.2, 0.25) is 0 Å². The number of rotatable bonds is 3. The van der Waals surface area contributed by atoms with Gasteiger partial charge in [0.1, 0.15) is 11.5 Å². The first kappa shape index (κ1) is 12.2. The Labute approximate surface area is 106 Å². The van der Waals surface area contributed by atoms with Gasteiger partial charge in [-0.05, 0) is 12.5 Å². The number of benzene rings is 1. The summed E-state index contributed by atoms with van der Waals surface area (Å²) in [6.07, 6.45) is 0. The number of nitrogens with one attached hydrogen (secondary N) is 1. The summed E-state index contributed by atoms with van der Waals surface area (Å²) in [5.74, 6) is 0.196. The number of nitrogen functional groups attached to an aromatic ring is 1. The lowest BCUT2D eigenvalue weighted by molar-refractivity contribution is 0.0779. The number of nitrogens with two attached hydrogens (primary N) is 1. The molecule has 0 saturated heterocycles. The van der Waals surface area contributed by atoms with Gasteiger partial charge in [0.15, 0.2) is 0 Å². The highest BCUT2D eigenvalue weighted by atomic mass is 16.2. The fourth-order valence-corrected chi connectivity index (χ4v) is 1.69. The molecule has 3 N–H and O–H groups in total. The zero-order valence-electron chi connectivity index (χ0n) is 10.5. The zero-order chi connectivity index (χ0) is 13.1. The molecular weight excluding hydrogens is 228 g/mol. The summed E-state index contributed by atoms with van der Waals surface area (Å²) in [4.78, 5) is 13.7. The van der Waals surface area contributed by atoms with Gasteiger partial charge in [-0.25, -0.2) is 0 Å². The van der Waals surface area contributed by atoms with Crippen molar-refractivity contribution in [3.8, 4) is 0 Å². The van der Waals surface area contributed by atoms with Crippen molar-refractivity contribution in [2.75, 3.05) is 12.8 Å². The molecule has 1 heterocycles. The number of nitrogens with zero attached hydrogens (tertiary/aromatic N) is 2. The van der Waals surface area contributed by atoms with Gasteiger partial charge in [-0.3, -0.25) is 9.89 Å². The number of hydrogen-bond donors (Lipinski definition) is 2. The molecular formula is C13H16N4O. The fourth-order valence-electron chi connectivity index (χ4n) is 1.69. The van der Waals surface area contributed by atoms with Gasteiger partial charge in [-0.15, -0.1) is 0 Å². The molecule has 0 radical (unpaired) electrons. The third-order valence-electron chi connectivity index (χ3n) is 2.72. The van der Waals surface area contributed by atoms with Crippen molar-refractivity contribution >= 4 is 11.7 Å². The molecule has 0 bridgehead atoms. The second-order valence-corrected chi connectivity index (χ2v) is 4.35. The van der Waals surface area contributed by atoms with Crippen molar-refractivity contribution in [3.05, 3.63) is 47.2 Å². The van der Waals surface area contributed by atoms with Gasteiger partial charge in [0.05, 0.1) is 0 Å². The molecule has 0 unspecified atom stereocenters. The molecule has 0 saturated carbocycles. The average molecular weight is 244 g/mol. The van der Waals surface area contributed by atoms with E-state index in [1.807, 2.05) is 31.2 Å². The second-order valence-electron chi connectivity index (χ2n) is 4.35. The largest absolute Gasteiger partial charge is 0.382 e. The van der Waals surface area contributed by atoms with Crippen molar-refractivity contribution < 1.29 is 4.79 Å². The number of aryl methyl sites for hydroxylation is 1. The van der Waals surface area contributed by atoms with Gasteiger partial charge in [0, 0.05) is 19.7 Å². The highest BCUT2D eigenvalue weighted by Crippen LogP contribution is 2.09. The first-order chi connectivity index (χ1) is 8.56. The van der Waals surface area contributed by atoms with Gasteiger partial charge in [-0.1, -0.05) is 29.8 Å². The van der Waals surface area contributed by atoms with Crippen LogP contribution in [0.4, 0.5) is 5.82 Å². The molecule has 94 valence electrons. The number of carbonyl (C=O) groups is 1. The maximum absolute atomic E-state index is 12.0. The molecule has 0 atom stereocenters. The van der Waals surface area contributed by atoms with E-state index in [1.165, 1.54) is 11.6 Å². The molecule has 2 aromatic rings. The summed E-state index contributed by atoms with van der Waals surface area (Å²) in [6, 6.07) is 9.62. The quantitative estimate of drug-likeness (QED) is 0.860. The molecule has 1 aromatic heterocycles. The fraction of sp³-hybridized carbons (Fsp3) is 0.231. The number of H-pyrrole nitrogens is 1. The summed E-state index contributed by atoms with van der Waals surface area (Å²) >= 11 is 0. The second kappa shape index (κ2) is 4.91. The van der Waals surface area contributed by atoms with Gasteiger partial charge in [0.25, 0.3) is 5.91 Å². The molecule has 0 spiro atoms. The molecule has 1 amide bonds. The lowest BCUT2D eigenvalue weighted by Crippen LogP contribution is -2.26. The number of aromatic nitrogens is 2. The molecule has 0 aliphatic carbocycles. The Balaban J connectivity index is 2.05. The van der Waals surface area contributed by atoms with E-state index >= 15 is 0 Å². The lowest BCUT2D eigenvalue weighted by atomic mass is 10.1. The molecule has 0 aliphatic heterocycles. The van der Waals surface area contributed by atoms with Crippen LogP contribution < -0.4 is 5.73 Å². The van der Waals surface area contributed by atoms with Crippen LogP contribution in [-0.2, 0) is 6.54 Å². The van der Waals surface area contributed by atoms with Crippen molar-refractivity contribution in [3.63, 3.8) is 0 Å². The van der Waals surface area contributed by atoms with Crippen LogP contribution in [0.15, 0.2) is 30.3 Å². The zero-order valence-corrected chi connectivity index (χ0v) is 10.5. The molecule has 5 nitrogen and oxygen atoms in total. The highest BCUT2D eigenvalue weighted by molar-refractivity contribution is 5.92. The Morgan fingerprint density at radius 1 is 1.39 bits per heavy atom. The summed E-state index contributed by atoms with van der Waals surface area (Å²) < 4.78 is 0. The van der Waals surface area contributed by atoms with Crippen molar-refractivity contribution in [1.82, 2.24) is 15.1 Å². The van der Waals surface area contributed by atoms with E-state index in [4.69, 9.17) is 5.73 Å². The molecule has 18 heavy (non-hydrogen) atoms. The molecule has 0 fully saturated rings. The Kier molecular flexibility index (Phi) is 3.32. The van der Waals surface area contributed by atoms with E-state index < -0.39 is 0 Å². The van der Waals surface area contributed by atoms with Gasteiger partial charge < -0.3 is 10.6 Å². The lowest BCUT2D eigenvalue weighted by Gasteiger charge is -2.16. The average Bonchev–Trinajstić information content (AvgIpc) is 2.78. The molecule has 5 heteroatoms. The van der Waals surface area contributed by atoms with Gasteiger partial charge in [-0.2, -0.15) is 5.10 Å². The monoisotopic (exact) mass is 244 g/mol. The van der Waals surface area contributed by atoms with Crippen molar-refractivity contribution in [2.24, 2.45) is 0 Å². The first-order valence-corrected chi connectivity index (χ1v) is 5.68. The smallest absolute Gasteiger partial charge is 0.271 e. The third-order valence-corrected chi connectivity index (χ3v) is 2.72. The van der Waals surface area contributed by atoms with Crippen LogP contribution in [0.1, 0.15) is 21.6 Å². The SMILES string of the molecule is Cc1ccc(CN(C)C(=O)c2cc(N)n[nH]2)cc1. The number of anilines is 1. The minimum Gasteiger partial charge on any atom is -0.382 e. The number of hydrogen-bond acceptors (Lipinski definition) is 3. The Bertz CT molecular complexity index is 544. The van der Waals surface area contributed by atoms with Crippen LogP contribution in [0.5, 0.6) is 0 Å². The van der Waals surface area contributed by atoms with E-state index in [2.05, 4.69) is 10.2 Å². The maximum Gasteiger partial charge on any atom is 0.271 e. The van der Waals surface area contributed by atoms with Gasteiger partial charge >= 0.3 is 0 Å². The van der Waals surface area contributed by atoms with E-state index in [1.54, 1.807) is 11.9 Å². The maximum atomic E-state index is 12.0. The van der Waals surface area contributed by atoms with Crippen molar-refractivity contribution in [1.29, 1.82) is 0 Å². The summed E-state index contributed by atoms with van der Waals surface area (Å²) in [5.41, 5.74) is 8.17. The Morgan fingerprint density at radius 2 is 2.06 bits per heavy atom. The molecule has 1 aromatic carbocycles. The molecule has 2 rings (SSSR count). The number of aromatic amines is 1. The van der Waals surface area contributed by atoms with E-state index in [-0.39, 0.29) is 5.91 Å². The van der Waals surface area contributed by atoms with Crippen LogP contribution in [-0.4, -0.2) is 28.1 Å². The van der Waals surface area contributed by atoms with E-state index in [0.717, 1.165) is 5.56 Å². The first-order valence-electron chi connectivity index (χ1n) is 5.68. The minimum atomic E-state index is -0.125. The Hall–Kier alpha value is -2.30. The van der Waals surface area contributed by atoms with Crippen LogP contribution in [0.25, 0.3) is 0 Å². The summed E-state index contributed by atoms with van der Waals surface area (Å²) in [5, 5.41) is 6.36. The number of carbonyl (C=O) groups excluding carboxylic acids is 1. The van der Waals surface area contributed by atoms with Crippen LogP contribution in [0.3, 0.4) is 0 Å². The predicted octanol–water partition coefficient (Wildman–Crippen LogP) is 1.57. The standard InChI is InChI=1S/C13H16N4O/c1-9-3-5-10(6-4-9)8-17(2)13(18)11-7-12(14)16-15-11/h3-7H,8H2,1-2H3,(H3,14,15,16). The Morgan fingerprint density at radius 3 is 2.61 bits per heavy atom. The molecule has 0 aliphatic rings. The topological polar surface area (TPSA) is 75.0 Å². The summed E-state index contributed by atoms with van der Waals surface area (Å²) in [6.45, 7) is 2.59. The van der Waals surface area contributed by atoms with E-state index in [0.29, 0.717) is 18.1 Å².